The van der Waals surface area contributed by atoms with Crippen LogP contribution in [0.1, 0.15) is 29.3 Å². The van der Waals surface area contributed by atoms with Gasteiger partial charge in [0.15, 0.2) is 0 Å². The number of nitrogens with one attached hydrogen (secondary N) is 1. The quantitative estimate of drug-likeness (QED) is 0.493. The number of carbonyl (C=O) groups excluding carboxylic acids is 3. The van der Waals surface area contributed by atoms with Crippen LogP contribution in [-0.2, 0) is 16.0 Å². The van der Waals surface area contributed by atoms with Crippen LogP contribution in [0.15, 0.2) is 59.1 Å². The Bertz CT molecular complexity index is 1150. The monoisotopic (exact) mass is 490 g/mol. The van der Waals surface area contributed by atoms with Crippen LogP contribution in [0.4, 0.5) is 11.4 Å². The van der Waals surface area contributed by atoms with Gasteiger partial charge in [0.2, 0.25) is 11.8 Å². The number of nitrogens with zero attached hydrogens (tertiary/aromatic N) is 1. The smallest absolute Gasteiger partial charge is 0.255 e. The highest BCUT2D eigenvalue weighted by molar-refractivity contribution is 9.10. The molecule has 2 aromatic rings. The summed E-state index contributed by atoms with van der Waals surface area (Å²) in [5.41, 5.74) is 2.86. The van der Waals surface area contributed by atoms with Crippen LogP contribution < -0.4 is 10.2 Å². The molecular weight excluding hydrogens is 468 g/mol. The second-order valence-corrected chi connectivity index (χ2v) is 10.2. The zero-order valence-electron chi connectivity index (χ0n) is 17.6. The molecule has 2 aromatic carbocycles. The molecule has 1 aliphatic heterocycles. The van der Waals surface area contributed by atoms with Gasteiger partial charge >= 0.3 is 0 Å². The highest BCUT2D eigenvalue weighted by atomic mass is 79.9. The van der Waals surface area contributed by atoms with Gasteiger partial charge in [-0.15, -0.1) is 0 Å². The standard InChI is InChI=1S/C26H23BrN2O3/c1-2-13-11-15(27)5-10-21(13)28-24(30)14-3-6-16(7-4-14)29-25(31)22-17-8-9-18(20-12-19(17)20)23(22)26(29)32/h3-11,17-20,22-23H,2,12H2,1H3,(H,28,30)/t17-,18-,19-,20-,22+,23+/m1/s1. The normalized spacial score (nSPS) is 31.5. The van der Waals surface area contributed by atoms with Gasteiger partial charge in [0, 0.05) is 15.7 Å². The summed E-state index contributed by atoms with van der Waals surface area (Å²) in [6, 6.07) is 12.6. The minimum atomic E-state index is -0.219. The maximum atomic E-state index is 13.3. The maximum Gasteiger partial charge on any atom is 0.255 e. The third kappa shape index (κ3) is 2.85. The number of hydrogen-bond acceptors (Lipinski definition) is 3. The Morgan fingerprint density at radius 1 is 1.00 bits per heavy atom. The van der Waals surface area contributed by atoms with Crippen LogP contribution in [0.25, 0.3) is 0 Å². The topological polar surface area (TPSA) is 66.5 Å². The van der Waals surface area contributed by atoms with Crippen LogP contribution in [0.3, 0.4) is 0 Å². The largest absolute Gasteiger partial charge is 0.322 e. The number of hydrogen-bond donors (Lipinski definition) is 1. The summed E-state index contributed by atoms with van der Waals surface area (Å²) >= 11 is 3.46. The minimum absolute atomic E-state index is 0.0793. The fraction of sp³-hybridized carbons (Fsp3) is 0.346. The molecule has 6 heteroatoms. The summed E-state index contributed by atoms with van der Waals surface area (Å²) in [6.07, 6.45) is 6.30. The van der Waals surface area contributed by atoms with Crippen molar-refractivity contribution in [2.24, 2.45) is 35.5 Å². The first kappa shape index (κ1) is 19.9. The van der Waals surface area contributed by atoms with E-state index in [9.17, 15) is 14.4 Å². The van der Waals surface area contributed by atoms with Crippen molar-refractivity contribution in [1.82, 2.24) is 0 Å². The lowest BCUT2D eigenvalue weighted by Gasteiger charge is -2.37. The molecule has 6 atom stereocenters. The van der Waals surface area contributed by atoms with E-state index in [2.05, 4.69) is 33.4 Å². The SMILES string of the molecule is CCc1cc(Br)ccc1NC(=O)c1ccc(N2C(=O)[C@H]3[C@@H]4C=C[C@H]([C@H]5C[C@H]45)[C@@H]3C2=O)cc1. The number of aryl methyl sites for hydroxylation is 1. The van der Waals surface area contributed by atoms with Gasteiger partial charge < -0.3 is 5.32 Å². The average Bonchev–Trinajstić information content (AvgIpc) is 3.58. The fourth-order valence-electron chi connectivity index (χ4n) is 6.14. The average molecular weight is 491 g/mol. The van der Waals surface area contributed by atoms with Crippen molar-refractivity contribution < 1.29 is 14.4 Å². The lowest BCUT2D eigenvalue weighted by molar-refractivity contribution is -0.124. The van der Waals surface area contributed by atoms with Crippen molar-refractivity contribution in [1.29, 1.82) is 0 Å². The van der Waals surface area contributed by atoms with E-state index in [0.717, 1.165) is 28.6 Å². The number of imide groups is 1. The number of benzene rings is 2. The molecule has 162 valence electrons. The molecular formula is C26H23BrN2O3. The first-order chi connectivity index (χ1) is 15.5. The zero-order chi connectivity index (χ0) is 22.1. The molecule has 7 rings (SSSR count). The summed E-state index contributed by atoms with van der Waals surface area (Å²) in [4.78, 5) is 40.7. The predicted molar refractivity (Wildman–Crippen MR) is 125 cm³/mol. The Morgan fingerprint density at radius 2 is 1.62 bits per heavy atom. The van der Waals surface area contributed by atoms with Gasteiger partial charge in [-0.25, -0.2) is 0 Å². The summed E-state index contributed by atoms with van der Waals surface area (Å²) in [6.45, 7) is 2.04. The second-order valence-electron chi connectivity index (χ2n) is 9.32. The Labute approximate surface area is 195 Å². The van der Waals surface area contributed by atoms with Gasteiger partial charge in [-0.2, -0.15) is 0 Å². The van der Waals surface area contributed by atoms with Crippen LogP contribution in [0.5, 0.6) is 0 Å². The molecule has 5 nitrogen and oxygen atoms in total. The second kappa shape index (κ2) is 7.14. The van der Waals surface area contributed by atoms with E-state index in [1.165, 1.54) is 4.90 Å². The number of rotatable bonds is 4. The van der Waals surface area contributed by atoms with Gasteiger partial charge in [0.05, 0.1) is 17.5 Å². The third-order valence-electron chi connectivity index (χ3n) is 7.75. The summed E-state index contributed by atoms with van der Waals surface area (Å²) < 4.78 is 0.971. The summed E-state index contributed by atoms with van der Waals surface area (Å²) in [5.74, 6) is 0.780. The molecule has 1 heterocycles. The van der Waals surface area contributed by atoms with Gasteiger partial charge in [-0.05, 0) is 84.5 Å². The molecule has 3 amide bonds. The van der Waals surface area contributed by atoms with Crippen molar-refractivity contribution in [3.05, 3.63) is 70.2 Å². The molecule has 1 N–H and O–H groups in total. The van der Waals surface area contributed by atoms with Crippen LogP contribution in [-0.4, -0.2) is 17.7 Å². The number of anilines is 2. The van der Waals surface area contributed by atoms with Crippen molar-refractivity contribution in [3.8, 4) is 0 Å². The predicted octanol–water partition coefficient (Wildman–Crippen LogP) is 4.82. The van der Waals surface area contributed by atoms with E-state index in [1.807, 2.05) is 25.1 Å². The molecule has 32 heavy (non-hydrogen) atoms. The first-order valence-corrected chi connectivity index (χ1v) is 12.0. The maximum absolute atomic E-state index is 13.3. The molecule has 0 spiro atoms. The highest BCUT2D eigenvalue weighted by Crippen LogP contribution is 2.65. The molecule has 4 aliphatic carbocycles. The van der Waals surface area contributed by atoms with Gasteiger partial charge in [0.25, 0.3) is 5.91 Å². The number of allylic oxidation sites excluding steroid dienone is 2. The fourth-order valence-corrected chi connectivity index (χ4v) is 6.55. The minimum Gasteiger partial charge on any atom is -0.322 e. The van der Waals surface area contributed by atoms with Gasteiger partial charge in [-0.3, -0.25) is 19.3 Å². The lowest BCUT2D eigenvalue weighted by atomic mass is 9.63. The van der Waals surface area contributed by atoms with Crippen LogP contribution in [0, 0.1) is 35.5 Å². The third-order valence-corrected chi connectivity index (χ3v) is 8.24. The van der Waals surface area contributed by atoms with E-state index < -0.39 is 0 Å². The summed E-state index contributed by atoms with van der Waals surface area (Å²) in [5, 5.41) is 2.97. The van der Waals surface area contributed by atoms with Gasteiger partial charge in [0.1, 0.15) is 0 Å². The molecule has 5 aliphatic rings. The number of halogens is 1. The molecule has 1 saturated heterocycles. The molecule has 0 radical (unpaired) electrons. The van der Waals surface area contributed by atoms with Crippen molar-refractivity contribution in [2.75, 3.05) is 10.2 Å². The van der Waals surface area contributed by atoms with E-state index in [0.29, 0.717) is 23.1 Å². The highest BCUT2D eigenvalue weighted by Gasteiger charge is 2.67. The van der Waals surface area contributed by atoms with Crippen molar-refractivity contribution in [3.63, 3.8) is 0 Å². The lowest BCUT2D eigenvalue weighted by Crippen LogP contribution is -2.40. The number of carbonyl (C=O) groups is 3. The molecule has 2 bridgehead atoms. The van der Waals surface area contributed by atoms with E-state index in [1.54, 1.807) is 24.3 Å². The Balaban J connectivity index is 1.22. The molecule has 0 aromatic heterocycles. The van der Waals surface area contributed by atoms with Crippen molar-refractivity contribution in [2.45, 2.75) is 19.8 Å². The van der Waals surface area contributed by atoms with Crippen LogP contribution in [0.2, 0.25) is 0 Å². The molecule has 3 fully saturated rings. The Hall–Kier alpha value is -2.73. The number of amides is 3. The molecule has 0 unspecified atom stereocenters. The van der Waals surface area contributed by atoms with E-state index >= 15 is 0 Å². The van der Waals surface area contributed by atoms with E-state index in [-0.39, 0.29) is 41.4 Å². The molecule has 2 saturated carbocycles. The summed E-state index contributed by atoms with van der Waals surface area (Å²) in [7, 11) is 0. The van der Waals surface area contributed by atoms with Crippen molar-refractivity contribution >= 4 is 45.0 Å². The van der Waals surface area contributed by atoms with Gasteiger partial charge in [-0.1, -0.05) is 35.0 Å². The van der Waals surface area contributed by atoms with E-state index in [4.69, 9.17) is 0 Å². The Kier molecular flexibility index (Phi) is 4.44. The Morgan fingerprint density at radius 3 is 2.22 bits per heavy atom. The zero-order valence-corrected chi connectivity index (χ0v) is 19.2. The first-order valence-electron chi connectivity index (χ1n) is 11.2. The van der Waals surface area contributed by atoms with Crippen LogP contribution >= 0.6 is 15.9 Å².